The molecule has 3 aromatic carbocycles. The van der Waals surface area contributed by atoms with Crippen LogP contribution in [0.5, 0.6) is 17.2 Å². The number of carbonyl (C=O) groups excluding carboxylic acids is 1. The lowest BCUT2D eigenvalue weighted by Gasteiger charge is -2.23. The molecule has 0 N–H and O–H groups in total. The zero-order chi connectivity index (χ0) is 20.1. The van der Waals surface area contributed by atoms with Crippen molar-refractivity contribution in [2.24, 2.45) is 0 Å². The van der Waals surface area contributed by atoms with E-state index in [4.69, 9.17) is 32.7 Å². The van der Waals surface area contributed by atoms with Crippen LogP contribution in [0.2, 0.25) is 5.02 Å². The van der Waals surface area contributed by atoms with Crippen molar-refractivity contribution in [1.82, 2.24) is 0 Å². The molecule has 5 rings (SSSR count). The predicted molar refractivity (Wildman–Crippen MR) is 115 cm³/mol. The van der Waals surface area contributed by atoms with E-state index >= 15 is 0 Å². The molecule has 0 fully saturated rings. The van der Waals surface area contributed by atoms with Crippen LogP contribution in [0.15, 0.2) is 72.3 Å². The van der Waals surface area contributed by atoms with Crippen molar-refractivity contribution < 1.29 is 14.3 Å². The van der Waals surface area contributed by atoms with Gasteiger partial charge in [0, 0.05) is 49.9 Å². The van der Waals surface area contributed by atoms with Gasteiger partial charge in [-0.05, 0) is 36.8 Å². The third-order valence-electron chi connectivity index (χ3n) is 5.48. The Bertz CT molecular complexity index is 1200. The summed E-state index contributed by atoms with van der Waals surface area (Å²) < 4.78 is 12.1. The van der Waals surface area contributed by atoms with Gasteiger partial charge < -0.3 is 9.47 Å². The SMILES string of the molecule is C=CC(=O)Oc1c2c(c(Oc3ccccc3)c3cc(Cl)ccc13)C1C=C(Cl)C2C1. The maximum absolute atomic E-state index is 12.1. The molecule has 2 unspecified atom stereocenters. The van der Waals surface area contributed by atoms with Crippen LogP contribution >= 0.6 is 23.2 Å². The normalized spacial score (nSPS) is 19.0. The highest BCUT2D eigenvalue weighted by molar-refractivity contribution is 6.32. The van der Waals surface area contributed by atoms with Crippen LogP contribution in [0.25, 0.3) is 10.8 Å². The predicted octanol–water partition coefficient (Wildman–Crippen LogP) is 7.08. The van der Waals surface area contributed by atoms with E-state index in [1.807, 2.05) is 42.5 Å². The van der Waals surface area contributed by atoms with Crippen LogP contribution in [-0.4, -0.2) is 5.97 Å². The second kappa shape index (κ2) is 6.94. The average molecular weight is 423 g/mol. The van der Waals surface area contributed by atoms with E-state index in [1.54, 1.807) is 6.07 Å². The highest BCUT2D eigenvalue weighted by Gasteiger charge is 2.43. The van der Waals surface area contributed by atoms with Crippen molar-refractivity contribution in [3.63, 3.8) is 0 Å². The molecule has 0 aliphatic heterocycles. The maximum atomic E-state index is 12.1. The van der Waals surface area contributed by atoms with Gasteiger partial charge in [0.25, 0.3) is 0 Å². The molecular weight excluding hydrogens is 407 g/mol. The molecule has 0 saturated carbocycles. The topological polar surface area (TPSA) is 35.5 Å². The number of hydrogen-bond acceptors (Lipinski definition) is 3. The number of ether oxygens (including phenoxy) is 2. The molecule has 0 saturated heterocycles. The largest absolute Gasteiger partial charge is 0.456 e. The van der Waals surface area contributed by atoms with Crippen molar-refractivity contribution in [3.05, 3.63) is 88.4 Å². The Morgan fingerprint density at radius 3 is 2.59 bits per heavy atom. The minimum Gasteiger partial charge on any atom is -0.456 e. The first-order valence-corrected chi connectivity index (χ1v) is 10.1. The molecule has 2 atom stereocenters. The molecule has 0 heterocycles. The van der Waals surface area contributed by atoms with E-state index in [0.29, 0.717) is 10.8 Å². The molecule has 0 amide bonds. The zero-order valence-electron chi connectivity index (χ0n) is 15.3. The van der Waals surface area contributed by atoms with Crippen LogP contribution in [0.4, 0.5) is 0 Å². The van der Waals surface area contributed by atoms with Crippen molar-refractivity contribution in [1.29, 1.82) is 0 Å². The lowest BCUT2D eigenvalue weighted by Crippen LogP contribution is -2.09. The van der Waals surface area contributed by atoms with Gasteiger partial charge in [-0.25, -0.2) is 4.79 Å². The van der Waals surface area contributed by atoms with E-state index in [9.17, 15) is 4.79 Å². The summed E-state index contributed by atoms with van der Waals surface area (Å²) in [5.41, 5.74) is 1.92. The first kappa shape index (κ1) is 18.3. The van der Waals surface area contributed by atoms with Crippen LogP contribution in [0, 0.1) is 0 Å². The van der Waals surface area contributed by atoms with Gasteiger partial charge >= 0.3 is 5.97 Å². The number of allylic oxidation sites excluding steroid dienone is 2. The molecule has 2 bridgehead atoms. The summed E-state index contributed by atoms with van der Waals surface area (Å²) in [5, 5.41) is 2.90. The number of hydrogen-bond donors (Lipinski definition) is 0. The highest BCUT2D eigenvalue weighted by Crippen LogP contribution is 2.61. The van der Waals surface area contributed by atoms with Crippen LogP contribution in [0.3, 0.4) is 0 Å². The third-order valence-corrected chi connectivity index (χ3v) is 6.11. The maximum Gasteiger partial charge on any atom is 0.335 e. The van der Waals surface area contributed by atoms with Crippen LogP contribution < -0.4 is 9.47 Å². The Hall–Kier alpha value is -2.75. The number of halogens is 2. The smallest absolute Gasteiger partial charge is 0.335 e. The fourth-order valence-corrected chi connectivity index (χ4v) is 4.84. The van der Waals surface area contributed by atoms with Crippen molar-refractivity contribution in [3.8, 4) is 17.2 Å². The first-order valence-electron chi connectivity index (χ1n) is 9.30. The minimum atomic E-state index is -0.511. The van der Waals surface area contributed by atoms with Crippen molar-refractivity contribution in [2.45, 2.75) is 18.3 Å². The number of fused-ring (bicyclic) bond motifs is 6. The highest BCUT2D eigenvalue weighted by atomic mass is 35.5. The summed E-state index contributed by atoms with van der Waals surface area (Å²) in [6, 6.07) is 15.1. The molecule has 2 aliphatic rings. The lowest BCUT2D eigenvalue weighted by atomic mass is 9.90. The number of esters is 1. The van der Waals surface area contributed by atoms with E-state index < -0.39 is 5.97 Å². The quantitative estimate of drug-likeness (QED) is 0.255. The molecule has 2 aliphatic carbocycles. The van der Waals surface area contributed by atoms with Crippen LogP contribution in [-0.2, 0) is 4.79 Å². The third kappa shape index (κ3) is 2.93. The molecule has 0 spiro atoms. The molecule has 0 aromatic heterocycles. The van der Waals surface area contributed by atoms with Crippen molar-refractivity contribution >= 4 is 39.9 Å². The Balaban J connectivity index is 1.82. The van der Waals surface area contributed by atoms with E-state index in [1.165, 1.54) is 0 Å². The number of para-hydroxylation sites is 1. The summed E-state index contributed by atoms with van der Waals surface area (Å²) in [6.07, 6.45) is 4.05. The number of benzene rings is 3. The summed E-state index contributed by atoms with van der Waals surface area (Å²) in [5.74, 6) is 1.55. The summed E-state index contributed by atoms with van der Waals surface area (Å²) in [7, 11) is 0. The Labute approximate surface area is 178 Å². The molecule has 144 valence electrons. The molecular formula is C24H16Cl2O3. The van der Waals surface area contributed by atoms with E-state index in [-0.39, 0.29) is 11.8 Å². The van der Waals surface area contributed by atoms with Gasteiger partial charge in [-0.2, -0.15) is 0 Å². The van der Waals surface area contributed by atoms with E-state index in [2.05, 4.69) is 12.7 Å². The Morgan fingerprint density at radius 1 is 1.03 bits per heavy atom. The summed E-state index contributed by atoms with van der Waals surface area (Å²) >= 11 is 12.8. The standard InChI is InChI=1S/C24H16Cl2O3/c1-2-20(27)29-23-16-9-8-14(25)12-17(16)24(28-15-6-4-3-5-7-15)21-13-10-18(22(21)23)19(26)11-13/h2-9,11-13,18H,1,10H2. The van der Waals surface area contributed by atoms with Gasteiger partial charge in [0.15, 0.2) is 0 Å². The van der Waals surface area contributed by atoms with Gasteiger partial charge in [-0.1, -0.05) is 54.1 Å². The number of rotatable bonds is 4. The fraction of sp³-hybridized carbons (Fsp3) is 0.125. The molecule has 5 heteroatoms. The van der Waals surface area contributed by atoms with Crippen molar-refractivity contribution in [2.75, 3.05) is 0 Å². The number of carbonyl (C=O) groups is 1. The van der Waals surface area contributed by atoms with Gasteiger partial charge in [0.05, 0.1) is 0 Å². The molecule has 29 heavy (non-hydrogen) atoms. The fourth-order valence-electron chi connectivity index (χ4n) is 4.32. The van der Waals surface area contributed by atoms with Gasteiger partial charge in [-0.3, -0.25) is 0 Å². The second-order valence-corrected chi connectivity index (χ2v) is 8.04. The Kier molecular flexibility index (Phi) is 4.38. The second-order valence-electron chi connectivity index (χ2n) is 7.16. The lowest BCUT2D eigenvalue weighted by molar-refractivity contribution is -0.128. The molecule has 0 radical (unpaired) electrons. The molecule has 3 nitrogen and oxygen atoms in total. The zero-order valence-corrected chi connectivity index (χ0v) is 16.8. The summed E-state index contributed by atoms with van der Waals surface area (Å²) in [4.78, 5) is 12.1. The minimum absolute atomic E-state index is 0.0116. The van der Waals surface area contributed by atoms with E-state index in [0.717, 1.165) is 50.9 Å². The van der Waals surface area contributed by atoms with Gasteiger partial charge in [-0.15, -0.1) is 0 Å². The Morgan fingerprint density at radius 2 is 1.83 bits per heavy atom. The molecule has 3 aromatic rings. The summed E-state index contributed by atoms with van der Waals surface area (Å²) in [6.45, 7) is 3.52. The van der Waals surface area contributed by atoms with Gasteiger partial charge in [0.2, 0.25) is 0 Å². The average Bonchev–Trinajstić information content (AvgIpc) is 3.28. The monoisotopic (exact) mass is 422 g/mol. The van der Waals surface area contributed by atoms with Gasteiger partial charge in [0.1, 0.15) is 17.2 Å². The van der Waals surface area contributed by atoms with Crippen LogP contribution in [0.1, 0.15) is 29.4 Å². The first-order chi connectivity index (χ1) is 14.1.